The lowest BCUT2D eigenvalue weighted by molar-refractivity contribution is -0.0328. The van der Waals surface area contributed by atoms with Crippen molar-refractivity contribution in [2.24, 2.45) is 0 Å². The molecule has 0 fully saturated rings. The van der Waals surface area contributed by atoms with Crippen LogP contribution in [0.4, 0.5) is 13.2 Å². The highest BCUT2D eigenvalue weighted by atomic mass is 32.2. The van der Waals surface area contributed by atoms with Gasteiger partial charge >= 0.3 is 5.51 Å². The van der Waals surface area contributed by atoms with Gasteiger partial charge < -0.3 is 0 Å². The van der Waals surface area contributed by atoms with Gasteiger partial charge in [0.15, 0.2) is 0 Å². The smallest absolute Gasteiger partial charge is 0.160 e. The summed E-state index contributed by atoms with van der Waals surface area (Å²) < 4.78 is 36.9. The molecule has 2 rings (SSSR count). The lowest BCUT2D eigenvalue weighted by Gasteiger charge is -2.07. The van der Waals surface area contributed by atoms with E-state index in [9.17, 15) is 13.2 Å². The molecule has 0 nitrogen and oxygen atoms in total. The number of hydrogen-bond acceptors (Lipinski definition) is 1. The van der Waals surface area contributed by atoms with Crippen molar-refractivity contribution in [3.63, 3.8) is 0 Å². The molecule has 0 saturated heterocycles. The average Bonchev–Trinajstić information content (AvgIpc) is 2.48. The molecule has 0 radical (unpaired) electrons. The topological polar surface area (TPSA) is 0 Å². The van der Waals surface area contributed by atoms with Crippen LogP contribution in [0.25, 0.3) is 11.1 Å². The third kappa shape index (κ3) is 5.41. The Hall–Kier alpha value is -1.42. The normalized spacial score (nSPS) is 11.6. The van der Waals surface area contributed by atoms with E-state index in [4.69, 9.17) is 0 Å². The number of unbranched alkanes of at least 4 members (excludes halogenated alkanes) is 2. The molecule has 0 amide bonds. The van der Waals surface area contributed by atoms with E-state index in [0.29, 0.717) is 0 Å². The fraction of sp³-hybridized carbons (Fsp3) is 0.333. The van der Waals surface area contributed by atoms with Gasteiger partial charge in [-0.1, -0.05) is 56.2 Å². The Balaban J connectivity index is 2.02. The first-order valence-electron chi connectivity index (χ1n) is 7.43. The van der Waals surface area contributed by atoms with E-state index >= 15 is 0 Å². The van der Waals surface area contributed by atoms with Crippen LogP contribution in [0.2, 0.25) is 0 Å². The van der Waals surface area contributed by atoms with Crippen LogP contribution in [0.1, 0.15) is 31.7 Å². The quantitative estimate of drug-likeness (QED) is 0.421. The molecule has 0 heterocycles. The second-order valence-electron chi connectivity index (χ2n) is 5.23. The molecule has 0 bridgehead atoms. The molecule has 2 aromatic carbocycles. The molecule has 0 aliphatic heterocycles. The first kappa shape index (κ1) is 16.9. The van der Waals surface area contributed by atoms with Crippen molar-refractivity contribution in [2.45, 2.75) is 43.0 Å². The van der Waals surface area contributed by atoms with Crippen LogP contribution in [0, 0.1) is 0 Å². The fourth-order valence-corrected chi connectivity index (χ4v) is 2.83. The summed E-state index contributed by atoms with van der Waals surface area (Å²) in [7, 11) is 0. The second-order valence-corrected chi connectivity index (χ2v) is 6.36. The molecular weight excluding hydrogens is 305 g/mol. The molecular formula is C18H19F3S. The summed E-state index contributed by atoms with van der Waals surface area (Å²) in [5.41, 5.74) is -0.961. The average molecular weight is 324 g/mol. The van der Waals surface area contributed by atoms with Gasteiger partial charge in [-0.3, -0.25) is 0 Å². The monoisotopic (exact) mass is 324 g/mol. The Labute approximate surface area is 133 Å². The summed E-state index contributed by atoms with van der Waals surface area (Å²) >= 11 is -0.0817. The van der Waals surface area contributed by atoms with Crippen LogP contribution in [-0.4, -0.2) is 5.51 Å². The summed E-state index contributed by atoms with van der Waals surface area (Å²) in [6.07, 6.45) is 4.72. The first-order chi connectivity index (χ1) is 10.5. The van der Waals surface area contributed by atoms with Crippen molar-refractivity contribution < 1.29 is 13.2 Å². The number of rotatable bonds is 6. The van der Waals surface area contributed by atoms with Crippen LogP contribution < -0.4 is 0 Å². The predicted octanol–water partition coefficient (Wildman–Crippen LogP) is 6.70. The summed E-state index contributed by atoms with van der Waals surface area (Å²) in [5.74, 6) is 0. The van der Waals surface area contributed by atoms with Crippen molar-refractivity contribution >= 4 is 11.8 Å². The van der Waals surface area contributed by atoms with Gasteiger partial charge in [0, 0.05) is 4.90 Å². The molecule has 4 heteroatoms. The van der Waals surface area contributed by atoms with Crippen LogP contribution >= 0.6 is 11.8 Å². The molecule has 0 unspecified atom stereocenters. The third-order valence-corrected chi connectivity index (χ3v) is 4.18. The second kappa shape index (κ2) is 7.73. The highest BCUT2D eigenvalue weighted by Crippen LogP contribution is 2.37. The summed E-state index contributed by atoms with van der Waals surface area (Å²) in [6, 6.07) is 14.8. The SMILES string of the molecule is CCCCCc1ccc(-c2ccc(SC(F)(F)F)cc2)cc1. The summed E-state index contributed by atoms with van der Waals surface area (Å²) in [6.45, 7) is 2.18. The maximum absolute atomic E-state index is 12.3. The molecule has 0 N–H and O–H groups in total. The number of aryl methyl sites for hydroxylation is 1. The van der Waals surface area contributed by atoms with Gasteiger partial charge in [-0.05, 0) is 53.4 Å². The molecule has 0 saturated carbocycles. The minimum atomic E-state index is -4.23. The summed E-state index contributed by atoms with van der Waals surface area (Å²) in [4.78, 5) is 0.215. The van der Waals surface area contributed by atoms with Crippen molar-refractivity contribution in [1.82, 2.24) is 0 Å². The Kier molecular flexibility index (Phi) is 5.95. The van der Waals surface area contributed by atoms with Crippen molar-refractivity contribution in [3.8, 4) is 11.1 Å². The van der Waals surface area contributed by atoms with Crippen LogP contribution in [0.5, 0.6) is 0 Å². The zero-order valence-corrected chi connectivity index (χ0v) is 13.3. The van der Waals surface area contributed by atoms with Crippen molar-refractivity contribution in [1.29, 1.82) is 0 Å². The van der Waals surface area contributed by atoms with Gasteiger partial charge in [-0.2, -0.15) is 13.2 Å². The number of halogens is 3. The Morgan fingerprint density at radius 3 is 1.86 bits per heavy atom. The first-order valence-corrected chi connectivity index (χ1v) is 8.25. The largest absolute Gasteiger partial charge is 0.446 e. The number of alkyl halides is 3. The van der Waals surface area contributed by atoms with E-state index in [2.05, 4.69) is 19.1 Å². The van der Waals surface area contributed by atoms with E-state index in [0.717, 1.165) is 17.5 Å². The molecule has 0 aliphatic carbocycles. The van der Waals surface area contributed by atoms with Crippen molar-refractivity contribution in [2.75, 3.05) is 0 Å². The molecule has 118 valence electrons. The van der Waals surface area contributed by atoms with Gasteiger partial charge in [0.05, 0.1) is 0 Å². The van der Waals surface area contributed by atoms with Crippen LogP contribution in [0.3, 0.4) is 0 Å². The minimum absolute atomic E-state index is 0.0817. The maximum Gasteiger partial charge on any atom is 0.446 e. The molecule has 2 aromatic rings. The Morgan fingerprint density at radius 1 is 0.818 bits per heavy atom. The number of thioether (sulfide) groups is 1. The van der Waals surface area contributed by atoms with Gasteiger partial charge in [-0.25, -0.2) is 0 Å². The molecule has 0 atom stereocenters. The maximum atomic E-state index is 12.3. The minimum Gasteiger partial charge on any atom is -0.160 e. The van der Waals surface area contributed by atoms with E-state index in [1.807, 2.05) is 12.1 Å². The zero-order valence-electron chi connectivity index (χ0n) is 12.5. The van der Waals surface area contributed by atoms with Crippen LogP contribution in [0.15, 0.2) is 53.4 Å². The third-order valence-electron chi connectivity index (χ3n) is 3.44. The van der Waals surface area contributed by atoms with E-state index in [1.165, 1.54) is 37.0 Å². The Morgan fingerprint density at radius 2 is 1.36 bits per heavy atom. The van der Waals surface area contributed by atoms with E-state index < -0.39 is 5.51 Å². The molecule has 0 aromatic heterocycles. The molecule has 0 spiro atoms. The lowest BCUT2D eigenvalue weighted by Crippen LogP contribution is -1.98. The highest BCUT2D eigenvalue weighted by molar-refractivity contribution is 8.00. The van der Waals surface area contributed by atoms with E-state index in [-0.39, 0.29) is 16.7 Å². The number of hydrogen-bond donors (Lipinski definition) is 0. The predicted molar refractivity (Wildman–Crippen MR) is 87.0 cm³/mol. The summed E-state index contributed by atoms with van der Waals surface area (Å²) in [5, 5.41) is 0. The fourth-order valence-electron chi connectivity index (χ4n) is 2.29. The Bertz CT molecular complexity index is 571. The van der Waals surface area contributed by atoms with Gasteiger partial charge in [0.25, 0.3) is 0 Å². The zero-order chi connectivity index (χ0) is 16.0. The molecule has 22 heavy (non-hydrogen) atoms. The molecule has 0 aliphatic rings. The van der Waals surface area contributed by atoms with Crippen LogP contribution in [-0.2, 0) is 6.42 Å². The number of benzene rings is 2. The lowest BCUT2D eigenvalue weighted by atomic mass is 10.0. The van der Waals surface area contributed by atoms with Gasteiger partial charge in [0.2, 0.25) is 0 Å². The standard InChI is InChI=1S/C18H19F3S/c1-2-3-4-5-14-6-8-15(9-7-14)16-10-12-17(13-11-16)22-18(19,20)21/h6-13H,2-5H2,1H3. The van der Waals surface area contributed by atoms with Crippen molar-refractivity contribution in [3.05, 3.63) is 54.1 Å². The van der Waals surface area contributed by atoms with Gasteiger partial charge in [-0.15, -0.1) is 0 Å². The van der Waals surface area contributed by atoms with E-state index in [1.54, 1.807) is 12.1 Å². The highest BCUT2D eigenvalue weighted by Gasteiger charge is 2.28. The van der Waals surface area contributed by atoms with Gasteiger partial charge in [0.1, 0.15) is 0 Å².